The van der Waals surface area contributed by atoms with Crippen LogP contribution in [0.1, 0.15) is 27.4 Å². The number of carbonyl (C=O) groups is 1. The SMILES string of the molecule is Cc1cc(CNC(=O)c2cc(S)ccc2C)no1. The van der Waals surface area contributed by atoms with E-state index in [0.29, 0.717) is 17.8 Å². The Morgan fingerprint density at radius 3 is 2.83 bits per heavy atom. The standard InChI is InChI=1S/C13H14N2O2S/c1-8-3-4-11(18)6-12(8)13(16)14-7-10-5-9(2)17-15-10/h3-6,18H,7H2,1-2H3,(H,14,16). The molecule has 94 valence electrons. The van der Waals surface area contributed by atoms with Crippen molar-refractivity contribution in [2.45, 2.75) is 25.3 Å². The summed E-state index contributed by atoms with van der Waals surface area (Å²) in [5, 5.41) is 6.62. The van der Waals surface area contributed by atoms with Crippen LogP contribution in [0.15, 0.2) is 33.7 Å². The van der Waals surface area contributed by atoms with Gasteiger partial charge in [-0.15, -0.1) is 12.6 Å². The molecule has 4 nitrogen and oxygen atoms in total. The van der Waals surface area contributed by atoms with Crippen LogP contribution in [0.25, 0.3) is 0 Å². The van der Waals surface area contributed by atoms with Gasteiger partial charge in [-0.05, 0) is 31.5 Å². The minimum Gasteiger partial charge on any atom is -0.361 e. The van der Waals surface area contributed by atoms with Crippen LogP contribution in [0.5, 0.6) is 0 Å². The second-order valence-corrected chi connectivity index (χ2v) is 4.63. The molecule has 18 heavy (non-hydrogen) atoms. The number of rotatable bonds is 3. The number of aryl methyl sites for hydroxylation is 2. The fourth-order valence-electron chi connectivity index (χ4n) is 1.62. The van der Waals surface area contributed by atoms with Gasteiger partial charge in [0, 0.05) is 16.5 Å². The van der Waals surface area contributed by atoms with E-state index in [-0.39, 0.29) is 5.91 Å². The maximum atomic E-state index is 12.0. The average molecular weight is 262 g/mol. The number of hydrogen-bond donors (Lipinski definition) is 2. The largest absolute Gasteiger partial charge is 0.361 e. The van der Waals surface area contributed by atoms with Crippen LogP contribution < -0.4 is 5.32 Å². The maximum absolute atomic E-state index is 12.0. The van der Waals surface area contributed by atoms with E-state index in [1.54, 1.807) is 12.1 Å². The summed E-state index contributed by atoms with van der Waals surface area (Å²) in [5.74, 6) is 0.594. The Kier molecular flexibility index (Phi) is 3.72. The first-order valence-corrected chi connectivity index (χ1v) is 6.01. The van der Waals surface area contributed by atoms with Crippen molar-refractivity contribution in [3.05, 3.63) is 46.8 Å². The molecule has 0 spiro atoms. The van der Waals surface area contributed by atoms with E-state index in [2.05, 4.69) is 23.1 Å². The predicted molar refractivity (Wildman–Crippen MR) is 70.8 cm³/mol. The van der Waals surface area contributed by atoms with Gasteiger partial charge in [-0.25, -0.2) is 0 Å². The third kappa shape index (κ3) is 2.92. The number of amides is 1. The molecule has 0 saturated carbocycles. The highest BCUT2D eigenvalue weighted by Gasteiger charge is 2.10. The van der Waals surface area contributed by atoms with E-state index in [9.17, 15) is 4.79 Å². The first-order valence-electron chi connectivity index (χ1n) is 5.56. The first kappa shape index (κ1) is 12.7. The molecule has 1 aromatic heterocycles. The van der Waals surface area contributed by atoms with Gasteiger partial charge in [0.2, 0.25) is 0 Å². The Hall–Kier alpha value is -1.75. The average Bonchev–Trinajstić information content (AvgIpc) is 2.75. The monoisotopic (exact) mass is 262 g/mol. The van der Waals surface area contributed by atoms with E-state index in [1.807, 2.05) is 26.0 Å². The molecule has 1 heterocycles. The Balaban J connectivity index is 2.05. The summed E-state index contributed by atoms with van der Waals surface area (Å²) in [6.07, 6.45) is 0. The van der Waals surface area contributed by atoms with Crippen molar-refractivity contribution < 1.29 is 9.32 Å². The third-order valence-electron chi connectivity index (χ3n) is 2.57. The van der Waals surface area contributed by atoms with Crippen LogP contribution in [0.3, 0.4) is 0 Å². The van der Waals surface area contributed by atoms with Crippen LogP contribution >= 0.6 is 12.6 Å². The Bertz CT molecular complexity index is 578. The van der Waals surface area contributed by atoms with Crippen LogP contribution in [0, 0.1) is 13.8 Å². The van der Waals surface area contributed by atoms with Gasteiger partial charge in [0.25, 0.3) is 5.91 Å². The van der Waals surface area contributed by atoms with E-state index >= 15 is 0 Å². The molecule has 0 fully saturated rings. The van der Waals surface area contributed by atoms with Gasteiger partial charge in [0.1, 0.15) is 11.5 Å². The van der Waals surface area contributed by atoms with Gasteiger partial charge in [0.15, 0.2) is 0 Å². The number of aromatic nitrogens is 1. The molecule has 0 radical (unpaired) electrons. The number of thiol groups is 1. The highest BCUT2D eigenvalue weighted by molar-refractivity contribution is 7.80. The lowest BCUT2D eigenvalue weighted by Crippen LogP contribution is -2.23. The molecule has 1 aromatic carbocycles. The summed E-state index contributed by atoms with van der Waals surface area (Å²) in [6, 6.07) is 7.28. The smallest absolute Gasteiger partial charge is 0.251 e. The number of carbonyl (C=O) groups excluding carboxylic acids is 1. The second-order valence-electron chi connectivity index (χ2n) is 4.11. The molecule has 0 aliphatic carbocycles. The van der Waals surface area contributed by atoms with Crippen LogP contribution in [0.4, 0.5) is 0 Å². The van der Waals surface area contributed by atoms with E-state index in [1.165, 1.54) is 0 Å². The molecule has 2 aromatic rings. The fourth-order valence-corrected chi connectivity index (χ4v) is 1.83. The van der Waals surface area contributed by atoms with Crippen molar-refractivity contribution in [1.82, 2.24) is 10.5 Å². The lowest BCUT2D eigenvalue weighted by molar-refractivity contribution is 0.0949. The zero-order valence-electron chi connectivity index (χ0n) is 10.2. The summed E-state index contributed by atoms with van der Waals surface area (Å²) >= 11 is 4.23. The van der Waals surface area contributed by atoms with E-state index < -0.39 is 0 Å². The molecule has 1 N–H and O–H groups in total. The summed E-state index contributed by atoms with van der Waals surface area (Å²) in [7, 11) is 0. The summed E-state index contributed by atoms with van der Waals surface area (Å²) in [6.45, 7) is 4.06. The Morgan fingerprint density at radius 1 is 1.39 bits per heavy atom. The quantitative estimate of drug-likeness (QED) is 0.836. The summed E-state index contributed by atoms with van der Waals surface area (Å²) in [4.78, 5) is 12.8. The minimum atomic E-state index is -0.135. The van der Waals surface area contributed by atoms with Crippen LogP contribution in [-0.4, -0.2) is 11.1 Å². The summed E-state index contributed by atoms with van der Waals surface area (Å²) < 4.78 is 4.93. The molecule has 0 aliphatic heterocycles. The van der Waals surface area contributed by atoms with Crippen molar-refractivity contribution in [1.29, 1.82) is 0 Å². The number of hydrogen-bond acceptors (Lipinski definition) is 4. The van der Waals surface area contributed by atoms with Gasteiger partial charge in [-0.2, -0.15) is 0 Å². The zero-order valence-corrected chi connectivity index (χ0v) is 11.1. The topological polar surface area (TPSA) is 55.1 Å². The Labute approximate surface area is 111 Å². The third-order valence-corrected chi connectivity index (χ3v) is 2.85. The molecular weight excluding hydrogens is 248 g/mol. The van der Waals surface area contributed by atoms with Crippen molar-refractivity contribution >= 4 is 18.5 Å². The maximum Gasteiger partial charge on any atom is 0.251 e. The molecule has 0 saturated heterocycles. The lowest BCUT2D eigenvalue weighted by Gasteiger charge is -2.06. The molecule has 0 atom stereocenters. The first-order chi connectivity index (χ1) is 8.56. The van der Waals surface area contributed by atoms with Crippen molar-refractivity contribution in [3.63, 3.8) is 0 Å². The zero-order chi connectivity index (χ0) is 13.1. The summed E-state index contributed by atoms with van der Waals surface area (Å²) in [5.41, 5.74) is 2.25. The van der Waals surface area contributed by atoms with Crippen LogP contribution in [0.2, 0.25) is 0 Å². The lowest BCUT2D eigenvalue weighted by atomic mass is 10.1. The molecule has 1 amide bonds. The number of benzene rings is 1. The predicted octanol–water partition coefficient (Wildman–Crippen LogP) is 2.51. The number of nitrogens with zero attached hydrogens (tertiary/aromatic N) is 1. The van der Waals surface area contributed by atoms with Gasteiger partial charge in [-0.3, -0.25) is 4.79 Å². The van der Waals surface area contributed by atoms with E-state index in [0.717, 1.165) is 16.2 Å². The van der Waals surface area contributed by atoms with Crippen molar-refractivity contribution in [3.8, 4) is 0 Å². The van der Waals surface area contributed by atoms with Gasteiger partial charge < -0.3 is 9.84 Å². The molecule has 0 bridgehead atoms. The molecule has 0 unspecified atom stereocenters. The van der Waals surface area contributed by atoms with Gasteiger partial charge in [0.05, 0.1) is 6.54 Å². The molecule has 2 rings (SSSR count). The fraction of sp³-hybridized carbons (Fsp3) is 0.231. The van der Waals surface area contributed by atoms with Crippen molar-refractivity contribution in [2.75, 3.05) is 0 Å². The van der Waals surface area contributed by atoms with Crippen LogP contribution in [-0.2, 0) is 6.54 Å². The molecule has 5 heteroatoms. The molecular formula is C13H14N2O2S. The minimum absolute atomic E-state index is 0.135. The normalized spacial score (nSPS) is 10.4. The molecule has 0 aliphatic rings. The highest BCUT2D eigenvalue weighted by atomic mass is 32.1. The van der Waals surface area contributed by atoms with Crippen molar-refractivity contribution in [2.24, 2.45) is 0 Å². The number of nitrogens with one attached hydrogen (secondary N) is 1. The highest BCUT2D eigenvalue weighted by Crippen LogP contribution is 2.14. The van der Waals surface area contributed by atoms with Gasteiger partial charge >= 0.3 is 0 Å². The van der Waals surface area contributed by atoms with Gasteiger partial charge in [-0.1, -0.05) is 11.2 Å². The van der Waals surface area contributed by atoms with E-state index in [4.69, 9.17) is 4.52 Å². The Morgan fingerprint density at radius 2 is 2.17 bits per heavy atom. The second kappa shape index (κ2) is 5.27.